The molecule has 0 spiro atoms. The molecule has 6 heteroatoms. The van der Waals surface area contributed by atoms with Gasteiger partial charge < -0.3 is 15.4 Å². The fourth-order valence-corrected chi connectivity index (χ4v) is 2.17. The minimum absolute atomic E-state index is 0.0685. The number of amides is 1. The van der Waals surface area contributed by atoms with Crippen LogP contribution < -0.4 is 15.4 Å². The molecule has 0 radical (unpaired) electrons. The first-order chi connectivity index (χ1) is 12.0. The van der Waals surface area contributed by atoms with Crippen molar-refractivity contribution < 1.29 is 14.3 Å². The lowest BCUT2D eigenvalue weighted by molar-refractivity contribution is -0.123. The molecule has 2 aromatic carbocycles. The predicted octanol–water partition coefficient (Wildman–Crippen LogP) is 2.67. The lowest BCUT2D eigenvalue weighted by Crippen LogP contribution is -2.39. The summed E-state index contributed by atoms with van der Waals surface area (Å²) in [6.45, 7) is 2.44. The van der Waals surface area contributed by atoms with E-state index < -0.39 is 0 Å². The van der Waals surface area contributed by atoms with Crippen molar-refractivity contribution >= 4 is 23.3 Å². The number of ketones is 1. The van der Waals surface area contributed by atoms with Crippen molar-refractivity contribution in [1.29, 1.82) is 0 Å². The molecule has 5 nitrogen and oxygen atoms in total. The van der Waals surface area contributed by atoms with Gasteiger partial charge in [-0.1, -0.05) is 11.6 Å². The molecule has 0 saturated heterocycles. The molecule has 0 aromatic heterocycles. The zero-order chi connectivity index (χ0) is 18.2. The van der Waals surface area contributed by atoms with Gasteiger partial charge in [0.25, 0.3) is 5.91 Å². The largest absolute Gasteiger partial charge is 0.484 e. The Morgan fingerprint density at radius 3 is 2.16 bits per heavy atom. The molecule has 1 amide bonds. The molecule has 1 unspecified atom stereocenters. The predicted molar refractivity (Wildman–Crippen MR) is 98.4 cm³/mol. The Hall–Kier alpha value is -2.37. The number of carbonyl (C=O) groups is 2. The number of nitrogens with one attached hydrogen (secondary N) is 2. The molecule has 2 rings (SSSR count). The highest BCUT2D eigenvalue weighted by atomic mass is 35.5. The first kappa shape index (κ1) is 19.0. The van der Waals surface area contributed by atoms with Crippen molar-refractivity contribution in [3.63, 3.8) is 0 Å². The minimum atomic E-state index is -0.191. The molecule has 132 valence electrons. The molecule has 2 N–H and O–H groups in total. The van der Waals surface area contributed by atoms with Gasteiger partial charge >= 0.3 is 0 Å². The summed E-state index contributed by atoms with van der Waals surface area (Å²) < 4.78 is 5.43. The van der Waals surface area contributed by atoms with Crippen LogP contribution >= 0.6 is 11.6 Å². The molecule has 25 heavy (non-hydrogen) atoms. The molecule has 0 bridgehead atoms. The minimum Gasteiger partial charge on any atom is -0.484 e. The van der Waals surface area contributed by atoms with Gasteiger partial charge in [0.05, 0.1) is 0 Å². The van der Waals surface area contributed by atoms with E-state index in [0.717, 1.165) is 0 Å². The van der Waals surface area contributed by atoms with E-state index in [4.69, 9.17) is 16.3 Å². The topological polar surface area (TPSA) is 67.4 Å². The van der Waals surface area contributed by atoms with Crippen LogP contribution in [0.2, 0.25) is 5.02 Å². The van der Waals surface area contributed by atoms with Crippen LogP contribution in [0, 0.1) is 0 Å². The summed E-state index contributed by atoms with van der Waals surface area (Å²) in [5.74, 6) is 0.245. The number of hydrogen-bond acceptors (Lipinski definition) is 4. The summed E-state index contributed by atoms with van der Waals surface area (Å²) in [4.78, 5) is 24.1. The zero-order valence-corrected chi connectivity index (χ0v) is 15.0. The van der Waals surface area contributed by atoms with Gasteiger partial charge in [-0.05, 0) is 62.5 Å². The Morgan fingerprint density at radius 2 is 1.60 bits per heavy atom. The maximum atomic E-state index is 12.4. The van der Waals surface area contributed by atoms with Gasteiger partial charge in [-0.2, -0.15) is 0 Å². The number of likely N-dealkylation sites (N-methyl/N-ethyl adjacent to an activating group) is 1. The maximum absolute atomic E-state index is 12.4. The molecule has 0 saturated carbocycles. The van der Waals surface area contributed by atoms with Crippen LogP contribution in [0.25, 0.3) is 0 Å². The number of halogens is 1. The van der Waals surface area contributed by atoms with Crippen molar-refractivity contribution in [1.82, 2.24) is 10.6 Å². The lowest BCUT2D eigenvalue weighted by Gasteiger charge is -2.12. The molecule has 2 aromatic rings. The van der Waals surface area contributed by atoms with Crippen LogP contribution in [0.3, 0.4) is 0 Å². The van der Waals surface area contributed by atoms with E-state index >= 15 is 0 Å². The third-order valence-corrected chi connectivity index (χ3v) is 3.94. The zero-order valence-electron chi connectivity index (χ0n) is 14.2. The van der Waals surface area contributed by atoms with Crippen LogP contribution in [0.4, 0.5) is 0 Å². The van der Waals surface area contributed by atoms with Crippen LogP contribution in [-0.2, 0) is 4.79 Å². The molecular formula is C19H21ClN2O3. The van der Waals surface area contributed by atoms with Crippen molar-refractivity contribution in [3.8, 4) is 5.75 Å². The van der Waals surface area contributed by atoms with E-state index in [2.05, 4.69) is 10.6 Å². The van der Waals surface area contributed by atoms with Gasteiger partial charge in [-0.25, -0.2) is 0 Å². The van der Waals surface area contributed by atoms with Crippen molar-refractivity contribution in [2.24, 2.45) is 0 Å². The SMILES string of the molecule is CNC(C)CNC(=O)COc1ccc(C(=O)c2ccc(Cl)cc2)cc1. The molecule has 0 aliphatic rings. The van der Waals surface area contributed by atoms with Crippen LogP contribution in [0.1, 0.15) is 22.8 Å². The number of ether oxygens (including phenoxy) is 1. The fourth-order valence-electron chi connectivity index (χ4n) is 2.04. The lowest BCUT2D eigenvalue weighted by atomic mass is 10.0. The summed E-state index contributed by atoms with van der Waals surface area (Å²) >= 11 is 5.83. The third kappa shape index (κ3) is 5.89. The summed E-state index contributed by atoms with van der Waals surface area (Å²) in [5, 5.41) is 6.39. The third-order valence-electron chi connectivity index (χ3n) is 3.69. The van der Waals surface area contributed by atoms with Gasteiger partial charge in [0.1, 0.15) is 5.75 Å². The number of rotatable bonds is 8. The average Bonchev–Trinajstić information content (AvgIpc) is 2.64. The second-order valence-electron chi connectivity index (χ2n) is 5.64. The van der Waals surface area contributed by atoms with Gasteiger partial charge in [-0.15, -0.1) is 0 Å². The fraction of sp³-hybridized carbons (Fsp3) is 0.263. The van der Waals surface area contributed by atoms with Gasteiger partial charge in [0, 0.05) is 28.7 Å². The van der Waals surface area contributed by atoms with E-state index in [-0.39, 0.29) is 24.3 Å². The van der Waals surface area contributed by atoms with E-state index in [1.165, 1.54) is 0 Å². The monoisotopic (exact) mass is 360 g/mol. The molecule has 1 atom stereocenters. The standard InChI is InChI=1S/C19H21ClN2O3/c1-13(21-2)11-22-18(23)12-25-17-9-5-15(6-10-17)19(24)14-3-7-16(20)8-4-14/h3-10,13,21H,11-12H2,1-2H3,(H,22,23). The summed E-state index contributed by atoms with van der Waals surface area (Å²) in [5.41, 5.74) is 1.11. The average molecular weight is 361 g/mol. The molecule has 0 heterocycles. The normalized spacial score (nSPS) is 11.6. The number of carbonyl (C=O) groups excluding carboxylic acids is 2. The first-order valence-electron chi connectivity index (χ1n) is 7.96. The summed E-state index contributed by atoms with van der Waals surface area (Å²) in [6.07, 6.45) is 0. The molecule has 0 aliphatic carbocycles. The molecule has 0 aliphatic heterocycles. The van der Waals surface area contributed by atoms with E-state index in [1.807, 2.05) is 14.0 Å². The van der Waals surface area contributed by atoms with Gasteiger partial charge in [0.2, 0.25) is 0 Å². The maximum Gasteiger partial charge on any atom is 0.257 e. The van der Waals surface area contributed by atoms with Crippen molar-refractivity contribution in [2.75, 3.05) is 20.2 Å². The van der Waals surface area contributed by atoms with Crippen molar-refractivity contribution in [3.05, 3.63) is 64.7 Å². The Balaban J connectivity index is 1.88. The van der Waals surface area contributed by atoms with E-state index in [0.29, 0.717) is 28.4 Å². The smallest absolute Gasteiger partial charge is 0.257 e. The van der Waals surface area contributed by atoms with E-state index in [1.54, 1.807) is 48.5 Å². The number of benzene rings is 2. The van der Waals surface area contributed by atoms with Crippen LogP contribution in [0.5, 0.6) is 5.75 Å². The van der Waals surface area contributed by atoms with Gasteiger partial charge in [0.15, 0.2) is 12.4 Å². The summed E-state index contributed by atoms with van der Waals surface area (Å²) in [7, 11) is 1.83. The Morgan fingerprint density at radius 1 is 1.04 bits per heavy atom. The Bertz CT molecular complexity index is 714. The highest BCUT2D eigenvalue weighted by Crippen LogP contribution is 2.17. The Kier molecular flexibility index (Phi) is 6.98. The highest BCUT2D eigenvalue weighted by Gasteiger charge is 2.10. The summed E-state index contributed by atoms with van der Waals surface area (Å²) in [6, 6.07) is 13.6. The quantitative estimate of drug-likeness (QED) is 0.710. The van der Waals surface area contributed by atoms with E-state index in [9.17, 15) is 9.59 Å². The van der Waals surface area contributed by atoms with Crippen molar-refractivity contribution in [2.45, 2.75) is 13.0 Å². The number of hydrogen-bond donors (Lipinski definition) is 2. The molecular weight excluding hydrogens is 340 g/mol. The van der Waals surface area contributed by atoms with Gasteiger partial charge in [-0.3, -0.25) is 9.59 Å². The van der Waals surface area contributed by atoms with Crippen LogP contribution in [-0.4, -0.2) is 37.9 Å². The second-order valence-corrected chi connectivity index (χ2v) is 6.08. The molecule has 0 fully saturated rings. The van der Waals surface area contributed by atoms with Crippen LogP contribution in [0.15, 0.2) is 48.5 Å². The highest BCUT2D eigenvalue weighted by molar-refractivity contribution is 6.30. The Labute approximate surface area is 152 Å². The first-order valence-corrected chi connectivity index (χ1v) is 8.34. The second kappa shape index (κ2) is 9.20.